The smallest absolute Gasteiger partial charge is 0.253 e. The number of nitrogens with one attached hydrogen (secondary N) is 1. The van der Waals surface area contributed by atoms with Crippen LogP contribution in [0.2, 0.25) is 0 Å². The molecule has 2 aliphatic heterocycles. The third kappa shape index (κ3) is 4.09. The standard InChI is InChI=1S/C21H27N5O4S/c1-12(27)18-20(28)26(21(31)24-18)10-13-4-6-25(7-5-13)19-14-8-16(29-2)17(30-3)9-15(14)22-11-23-19/h8-9,11-13,18,27H,4-7,10H2,1-3H3,(H,24,31). The van der Waals surface area contributed by atoms with E-state index in [1.54, 1.807) is 32.4 Å². The first-order valence-corrected chi connectivity index (χ1v) is 10.8. The lowest BCUT2D eigenvalue weighted by molar-refractivity contribution is -0.129. The molecule has 0 saturated carbocycles. The Bertz CT molecular complexity index is 993. The number of carbonyl (C=O) groups is 1. The summed E-state index contributed by atoms with van der Waals surface area (Å²) in [6, 6.07) is 3.13. The van der Waals surface area contributed by atoms with Crippen molar-refractivity contribution in [3.63, 3.8) is 0 Å². The molecule has 4 rings (SSSR count). The molecule has 166 valence electrons. The lowest BCUT2D eigenvalue weighted by atomic mass is 9.96. The second-order valence-electron chi connectivity index (χ2n) is 7.97. The number of aliphatic hydroxyl groups excluding tert-OH is 1. The maximum atomic E-state index is 12.5. The predicted molar refractivity (Wildman–Crippen MR) is 120 cm³/mol. The van der Waals surface area contributed by atoms with Crippen molar-refractivity contribution >= 4 is 40.0 Å². The molecule has 3 heterocycles. The minimum absolute atomic E-state index is 0.148. The summed E-state index contributed by atoms with van der Waals surface area (Å²) in [5, 5.41) is 14.0. The largest absolute Gasteiger partial charge is 0.493 e. The maximum Gasteiger partial charge on any atom is 0.253 e. The molecule has 0 radical (unpaired) electrons. The van der Waals surface area contributed by atoms with Gasteiger partial charge in [-0.05, 0) is 44.0 Å². The minimum atomic E-state index is -0.779. The number of thiocarbonyl (C=S) groups is 1. The molecule has 2 aliphatic rings. The van der Waals surface area contributed by atoms with Gasteiger partial charge < -0.3 is 24.8 Å². The number of ether oxygens (including phenoxy) is 2. The van der Waals surface area contributed by atoms with Crippen molar-refractivity contribution in [1.29, 1.82) is 0 Å². The van der Waals surface area contributed by atoms with Crippen LogP contribution in [0.5, 0.6) is 11.5 Å². The Hall–Kier alpha value is -2.72. The molecule has 2 unspecified atom stereocenters. The monoisotopic (exact) mass is 445 g/mol. The van der Waals surface area contributed by atoms with E-state index in [1.807, 2.05) is 12.1 Å². The number of fused-ring (bicyclic) bond motifs is 1. The molecule has 1 amide bonds. The first kappa shape index (κ1) is 21.5. The number of nitrogens with zero attached hydrogens (tertiary/aromatic N) is 4. The van der Waals surface area contributed by atoms with E-state index in [0.29, 0.717) is 29.1 Å². The fourth-order valence-corrected chi connectivity index (χ4v) is 4.54. The SMILES string of the molecule is COc1cc2ncnc(N3CCC(CN4C(=O)C(C(C)O)NC4=S)CC3)c2cc1OC. The van der Waals surface area contributed by atoms with Crippen molar-refractivity contribution in [3.8, 4) is 11.5 Å². The lowest BCUT2D eigenvalue weighted by Gasteiger charge is -2.34. The quantitative estimate of drug-likeness (QED) is 0.638. The van der Waals surface area contributed by atoms with Crippen LogP contribution >= 0.6 is 12.2 Å². The number of aromatic nitrogens is 2. The molecule has 10 heteroatoms. The highest BCUT2D eigenvalue weighted by Crippen LogP contribution is 2.35. The highest BCUT2D eigenvalue weighted by molar-refractivity contribution is 7.80. The second-order valence-corrected chi connectivity index (χ2v) is 8.36. The number of methoxy groups -OCH3 is 2. The summed E-state index contributed by atoms with van der Waals surface area (Å²) in [7, 11) is 3.21. The van der Waals surface area contributed by atoms with Gasteiger partial charge in [-0.1, -0.05) is 0 Å². The summed E-state index contributed by atoms with van der Waals surface area (Å²) in [5.74, 6) is 2.32. The van der Waals surface area contributed by atoms with Crippen LogP contribution in [0.1, 0.15) is 19.8 Å². The topological polar surface area (TPSA) is 100 Å². The molecule has 2 fully saturated rings. The van der Waals surface area contributed by atoms with Crippen LogP contribution in [0.15, 0.2) is 18.5 Å². The Morgan fingerprint density at radius 1 is 1.23 bits per heavy atom. The molecular formula is C21H27N5O4S. The van der Waals surface area contributed by atoms with Gasteiger partial charge in [0.1, 0.15) is 18.2 Å². The van der Waals surface area contributed by atoms with Gasteiger partial charge in [0, 0.05) is 31.1 Å². The van der Waals surface area contributed by atoms with E-state index in [4.69, 9.17) is 21.7 Å². The van der Waals surface area contributed by atoms with Crippen molar-refractivity contribution in [1.82, 2.24) is 20.2 Å². The molecule has 2 N–H and O–H groups in total. The first-order valence-electron chi connectivity index (χ1n) is 10.3. The minimum Gasteiger partial charge on any atom is -0.493 e. The first-order chi connectivity index (χ1) is 14.9. The van der Waals surface area contributed by atoms with Crippen LogP contribution in [0.3, 0.4) is 0 Å². The Labute approximate surface area is 186 Å². The van der Waals surface area contributed by atoms with Gasteiger partial charge in [-0.25, -0.2) is 9.97 Å². The molecule has 1 aromatic carbocycles. The van der Waals surface area contributed by atoms with Crippen molar-refractivity contribution in [2.24, 2.45) is 5.92 Å². The maximum absolute atomic E-state index is 12.5. The zero-order valence-corrected chi connectivity index (χ0v) is 18.7. The van der Waals surface area contributed by atoms with Crippen LogP contribution in [0, 0.1) is 5.92 Å². The van der Waals surface area contributed by atoms with Gasteiger partial charge in [-0.15, -0.1) is 0 Å². The molecule has 2 atom stereocenters. The predicted octanol–water partition coefficient (Wildman–Crippen LogP) is 1.33. The molecule has 0 aliphatic carbocycles. The van der Waals surface area contributed by atoms with Crippen molar-refractivity contribution in [2.75, 3.05) is 38.8 Å². The van der Waals surface area contributed by atoms with Crippen LogP contribution in [0.4, 0.5) is 5.82 Å². The highest BCUT2D eigenvalue weighted by Gasteiger charge is 2.39. The summed E-state index contributed by atoms with van der Waals surface area (Å²) in [6.07, 6.45) is 2.60. The third-order valence-electron chi connectivity index (χ3n) is 6.01. The van der Waals surface area contributed by atoms with Gasteiger partial charge in [-0.2, -0.15) is 0 Å². The van der Waals surface area contributed by atoms with Crippen molar-refractivity contribution in [2.45, 2.75) is 31.9 Å². The van der Waals surface area contributed by atoms with E-state index in [1.165, 1.54) is 0 Å². The average molecular weight is 446 g/mol. The fourth-order valence-electron chi connectivity index (χ4n) is 4.25. The van der Waals surface area contributed by atoms with Crippen LogP contribution < -0.4 is 19.7 Å². The Balaban J connectivity index is 1.46. The number of carbonyl (C=O) groups excluding carboxylic acids is 1. The number of rotatable bonds is 6. The van der Waals surface area contributed by atoms with Crippen molar-refractivity contribution < 1.29 is 19.4 Å². The van der Waals surface area contributed by atoms with Gasteiger partial charge in [0.15, 0.2) is 16.6 Å². The second kappa shape index (κ2) is 8.80. The average Bonchev–Trinajstić information content (AvgIpc) is 3.06. The molecule has 31 heavy (non-hydrogen) atoms. The molecule has 9 nitrogen and oxygen atoms in total. The number of piperidine rings is 1. The van der Waals surface area contributed by atoms with Crippen LogP contribution in [-0.4, -0.2) is 77.0 Å². The number of amides is 1. The zero-order chi connectivity index (χ0) is 22.1. The van der Waals surface area contributed by atoms with E-state index >= 15 is 0 Å². The zero-order valence-electron chi connectivity index (χ0n) is 17.9. The number of aliphatic hydroxyl groups is 1. The van der Waals surface area contributed by atoms with Gasteiger partial charge in [0.25, 0.3) is 5.91 Å². The Kier molecular flexibility index (Phi) is 6.10. The van der Waals surface area contributed by atoms with Crippen LogP contribution in [0.25, 0.3) is 10.9 Å². The summed E-state index contributed by atoms with van der Waals surface area (Å²) in [5.41, 5.74) is 0.799. The molecule has 0 spiro atoms. The Morgan fingerprint density at radius 2 is 1.90 bits per heavy atom. The number of hydrogen-bond donors (Lipinski definition) is 2. The Morgan fingerprint density at radius 3 is 2.52 bits per heavy atom. The van der Waals surface area contributed by atoms with Gasteiger partial charge in [-0.3, -0.25) is 9.69 Å². The summed E-state index contributed by atoms with van der Waals surface area (Å²) in [4.78, 5) is 25.3. The summed E-state index contributed by atoms with van der Waals surface area (Å²) in [6.45, 7) is 3.79. The van der Waals surface area contributed by atoms with E-state index in [0.717, 1.165) is 42.7 Å². The van der Waals surface area contributed by atoms with Gasteiger partial charge in [0.05, 0.1) is 25.8 Å². The van der Waals surface area contributed by atoms with E-state index in [-0.39, 0.29) is 5.91 Å². The normalized spacial score (nSPS) is 20.8. The summed E-state index contributed by atoms with van der Waals surface area (Å²) >= 11 is 5.31. The molecule has 2 aromatic rings. The molecular weight excluding hydrogens is 418 g/mol. The molecule has 1 aromatic heterocycles. The summed E-state index contributed by atoms with van der Waals surface area (Å²) < 4.78 is 10.8. The van der Waals surface area contributed by atoms with Gasteiger partial charge in [0.2, 0.25) is 0 Å². The fraction of sp³-hybridized carbons (Fsp3) is 0.524. The lowest BCUT2D eigenvalue weighted by Crippen LogP contribution is -2.42. The van der Waals surface area contributed by atoms with E-state index in [9.17, 15) is 9.90 Å². The van der Waals surface area contributed by atoms with Crippen LogP contribution in [-0.2, 0) is 4.79 Å². The number of benzene rings is 1. The number of hydrogen-bond acceptors (Lipinski definition) is 8. The number of anilines is 1. The molecule has 0 bridgehead atoms. The molecule has 2 saturated heterocycles. The van der Waals surface area contributed by atoms with E-state index < -0.39 is 12.1 Å². The highest BCUT2D eigenvalue weighted by atomic mass is 32.1. The van der Waals surface area contributed by atoms with E-state index in [2.05, 4.69) is 20.2 Å². The third-order valence-corrected chi connectivity index (χ3v) is 6.35. The van der Waals surface area contributed by atoms with Gasteiger partial charge >= 0.3 is 0 Å². The van der Waals surface area contributed by atoms with Crippen molar-refractivity contribution in [3.05, 3.63) is 18.5 Å².